The van der Waals surface area contributed by atoms with Gasteiger partial charge in [-0.1, -0.05) is 49.4 Å². The fourth-order valence-electron chi connectivity index (χ4n) is 1.97. The molecule has 1 heteroatoms. The van der Waals surface area contributed by atoms with Crippen LogP contribution in [0, 0.1) is 6.42 Å². The Hall–Kier alpha value is -1.76. The molecule has 2 aromatic rings. The maximum Gasteiger partial charge on any atom is 0.118 e. The zero-order valence-electron chi connectivity index (χ0n) is 11.0. The summed E-state index contributed by atoms with van der Waals surface area (Å²) in [6, 6.07) is 18.8. The van der Waals surface area contributed by atoms with Gasteiger partial charge in [-0.15, -0.1) is 0 Å². The van der Waals surface area contributed by atoms with Crippen molar-refractivity contribution in [3.8, 4) is 5.75 Å². The molecule has 1 unspecified atom stereocenters. The molecule has 0 aliphatic rings. The Kier molecular flexibility index (Phi) is 4.40. The number of rotatable bonds is 5. The molecule has 0 aromatic heterocycles. The van der Waals surface area contributed by atoms with E-state index in [1.165, 1.54) is 11.1 Å². The first-order chi connectivity index (χ1) is 8.79. The molecule has 1 nitrogen and oxygen atoms in total. The van der Waals surface area contributed by atoms with Crippen LogP contribution in [0.1, 0.15) is 30.4 Å². The van der Waals surface area contributed by atoms with E-state index in [-0.39, 0.29) is 0 Å². The van der Waals surface area contributed by atoms with Crippen LogP contribution in [0.15, 0.2) is 54.6 Å². The van der Waals surface area contributed by atoms with Gasteiger partial charge >= 0.3 is 0 Å². The lowest BCUT2D eigenvalue weighted by atomic mass is 9.94. The molecule has 2 aromatic carbocycles. The van der Waals surface area contributed by atoms with Crippen LogP contribution in [0.5, 0.6) is 5.75 Å². The van der Waals surface area contributed by atoms with Crippen molar-refractivity contribution >= 4 is 0 Å². The lowest BCUT2D eigenvalue weighted by Gasteiger charge is -2.11. The minimum atomic E-state index is 0.549. The number of ether oxygens (including phenoxy) is 1. The summed E-state index contributed by atoms with van der Waals surface area (Å²) in [7, 11) is 1.69. The molecular formula is C17H19O. The van der Waals surface area contributed by atoms with E-state index in [2.05, 4.69) is 55.8 Å². The van der Waals surface area contributed by atoms with Crippen molar-refractivity contribution in [3.05, 3.63) is 72.1 Å². The molecule has 0 fully saturated rings. The summed E-state index contributed by atoms with van der Waals surface area (Å²) >= 11 is 0. The van der Waals surface area contributed by atoms with Crippen molar-refractivity contribution in [2.24, 2.45) is 0 Å². The van der Waals surface area contributed by atoms with Gasteiger partial charge in [-0.25, -0.2) is 0 Å². The van der Waals surface area contributed by atoms with Crippen molar-refractivity contribution in [1.82, 2.24) is 0 Å². The average Bonchev–Trinajstić information content (AvgIpc) is 2.46. The normalized spacial score (nSPS) is 12.1. The van der Waals surface area contributed by atoms with Crippen LogP contribution in [0.3, 0.4) is 0 Å². The first-order valence-electron chi connectivity index (χ1n) is 6.32. The third-order valence-electron chi connectivity index (χ3n) is 3.19. The predicted molar refractivity (Wildman–Crippen MR) is 75.9 cm³/mol. The zero-order valence-corrected chi connectivity index (χ0v) is 11.0. The highest BCUT2D eigenvalue weighted by Gasteiger charge is 2.05. The molecule has 0 spiro atoms. The minimum absolute atomic E-state index is 0.549. The van der Waals surface area contributed by atoms with Gasteiger partial charge in [0.25, 0.3) is 0 Å². The highest BCUT2D eigenvalue weighted by molar-refractivity contribution is 5.31. The summed E-state index contributed by atoms with van der Waals surface area (Å²) in [4.78, 5) is 0. The maximum absolute atomic E-state index is 5.15. The molecule has 0 heterocycles. The third kappa shape index (κ3) is 3.36. The Morgan fingerprint density at radius 3 is 2.28 bits per heavy atom. The van der Waals surface area contributed by atoms with Crippen LogP contribution in [0.4, 0.5) is 0 Å². The van der Waals surface area contributed by atoms with E-state index in [1.807, 2.05) is 12.1 Å². The first-order valence-corrected chi connectivity index (χ1v) is 6.32. The Morgan fingerprint density at radius 1 is 1.00 bits per heavy atom. The van der Waals surface area contributed by atoms with Gasteiger partial charge in [0.1, 0.15) is 5.75 Å². The highest BCUT2D eigenvalue weighted by Crippen LogP contribution is 2.22. The highest BCUT2D eigenvalue weighted by atomic mass is 16.5. The van der Waals surface area contributed by atoms with E-state index in [1.54, 1.807) is 7.11 Å². The van der Waals surface area contributed by atoms with Crippen molar-refractivity contribution in [2.75, 3.05) is 7.11 Å². The SMILES string of the molecule is COc1ccc([CH]CC(C)c2ccccc2)cc1. The van der Waals surface area contributed by atoms with E-state index < -0.39 is 0 Å². The third-order valence-corrected chi connectivity index (χ3v) is 3.19. The first kappa shape index (κ1) is 12.7. The van der Waals surface area contributed by atoms with Gasteiger partial charge in [-0.3, -0.25) is 0 Å². The molecule has 0 N–H and O–H groups in total. The number of hydrogen-bond donors (Lipinski definition) is 0. The largest absolute Gasteiger partial charge is 0.497 e. The van der Waals surface area contributed by atoms with Gasteiger partial charge < -0.3 is 4.74 Å². The molecule has 18 heavy (non-hydrogen) atoms. The van der Waals surface area contributed by atoms with Crippen molar-refractivity contribution in [2.45, 2.75) is 19.3 Å². The van der Waals surface area contributed by atoms with Crippen LogP contribution in [-0.2, 0) is 0 Å². The summed E-state index contributed by atoms with van der Waals surface area (Å²) in [5.74, 6) is 1.46. The number of benzene rings is 2. The van der Waals surface area contributed by atoms with Crippen molar-refractivity contribution in [1.29, 1.82) is 0 Å². The Labute approximate surface area is 109 Å². The lowest BCUT2D eigenvalue weighted by Crippen LogP contribution is -1.94. The topological polar surface area (TPSA) is 9.23 Å². The Bertz CT molecular complexity index is 459. The molecule has 0 saturated carbocycles. The quantitative estimate of drug-likeness (QED) is 0.749. The van der Waals surface area contributed by atoms with Gasteiger partial charge in [-0.2, -0.15) is 0 Å². The summed E-state index contributed by atoms with van der Waals surface area (Å²) in [5.41, 5.74) is 2.64. The van der Waals surface area contributed by atoms with Gasteiger partial charge in [0.05, 0.1) is 7.11 Å². The molecule has 93 valence electrons. The van der Waals surface area contributed by atoms with Gasteiger partial charge in [0, 0.05) is 0 Å². The van der Waals surface area contributed by atoms with E-state index in [0.717, 1.165) is 12.2 Å². The second-order valence-electron chi connectivity index (χ2n) is 4.52. The lowest BCUT2D eigenvalue weighted by molar-refractivity contribution is 0.414. The van der Waals surface area contributed by atoms with Crippen LogP contribution < -0.4 is 4.74 Å². The van der Waals surface area contributed by atoms with Crippen molar-refractivity contribution in [3.63, 3.8) is 0 Å². The smallest absolute Gasteiger partial charge is 0.118 e. The summed E-state index contributed by atoms with van der Waals surface area (Å²) in [6.45, 7) is 2.26. The average molecular weight is 239 g/mol. The van der Waals surface area contributed by atoms with E-state index in [4.69, 9.17) is 4.74 Å². The van der Waals surface area contributed by atoms with E-state index in [0.29, 0.717) is 5.92 Å². The molecule has 0 aliphatic carbocycles. The van der Waals surface area contributed by atoms with E-state index >= 15 is 0 Å². The van der Waals surface area contributed by atoms with Crippen molar-refractivity contribution < 1.29 is 4.74 Å². The van der Waals surface area contributed by atoms with Crippen LogP contribution >= 0.6 is 0 Å². The molecule has 1 radical (unpaired) electrons. The van der Waals surface area contributed by atoms with Crippen LogP contribution in [0.2, 0.25) is 0 Å². The molecule has 2 rings (SSSR count). The molecule has 1 atom stereocenters. The fourth-order valence-corrected chi connectivity index (χ4v) is 1.97. The monoisotopic (exact) mass is 239 g/mol. The predicted octanol–water partition coefficient (Wildman–Crippen LogP) is 4.44. The van der Waals surface area contributed by atoms with E-state index in [9.17, 15) is 0 Å². The standard InChI is InChI=1S/C17H19O/c1-14(16-6-4-3-5-7-16)8-9-15-10-12-17(18-2)13-11-15/h3-7,9-14H,8H2,1-2H3. The van der Waals surface area contributed by atoms with Gasteiger partial charge in [0.2, 0.25) is 0 Å². The van der Waals surface area contributed by atoms with Gasteiger partial charge in [0.15, 0.2) is 0 Å². The zero-order chi connectivity index (χ0) is 12.8. The maximum atomic E-state index is 5.15. The van der Waals surface area contributed by atoms with Crippen LogP contribution in [0.25, 0.3) is 0 Å². The molecule has 0 bridgehead atoms. The Balaban J connectivity index is 1.91. The Morgan fingerprint density at radius 2 is 1.67 bits per heavy atom. The minimum Gasteiger partial charge on any atom is -0.497 e. The number of hydrogen-bond acceptors (Lipinski definition) is 1. The molecule has 0 aliphatic heterocycles. The summed E-state index contributed by atoms with van der Waals surface area (Å²) in [5, 5.41) is 0. The molecule has 0 saturated heterocycles. The van der Waals surface area contributed by atoms with Crippen LogP contribution in [-0.4, -0.2) is 7.11 Å². The summed E-state index contributed by atoms with van der Waals surface area (Å²) < 4.78 is 5.15. The molecular weight excluding hydrogens is 220 g/mol. The molecule has 0 amide bonds. The fraction of sp³-hybridized carbons (Fsp3) is 0.235. The number of methoxy groups -OCH3 is 1. The summed E-state index contributed by atoms with van der Waals surface area (Å²) in [6.07, 6.45) is 3.33. The second-order valence-corrected chi connectivity index (χ2v) is 4.52. The second kappa shape index (κ2) is 6.25. The van der Waals surface area contributed by atoms with Gasteiger partial charge in [-0.05, 0) is 42.0 Å².